The van der Waals surface area contributed by atoms with E-state index in [-0.39, 0.29) is 17.1 Å². The van der Waals surface area contributed by atoms with Crippen LogP contribution in [0.4, 0.5) is 28.0 Å². The first-order chi connectivity index (χ1) is 15.0. The van der Waals surface area contributed by atoms with Gasteiger partial charge in [0.25, 0.3) is 0 Å². The van der Waals surface area contributed by atoms with Gasteiger partial charge in [0.1, 0.15) is 5.82 Å². The number of halogens is 4. The van der Waals surface area contributed by atoms with Crippen LogP contribution in [0.2, 0.25) is 0 Å². The molecule has 0 saturated heterocycles. The minimum atomic E-state index is -4.73. The monoisotopic (exact) mass is 467 g/mol. The molecule has 0 aliphatic rings. The van der Waals surface area contributed by atoms with Gasteiger partial charge in [-0.25, -0.2) is 17.6 Å². The first kappa shape index (κ1) is 23.2. The van der Waals surface area contributed by atoms with Crippen molar-refractivity contribution in [1.82, 2.24) is 10.3 Å². The molecule has 168 valence electrons. The van der Waals surface area contributed by atoms with E-state index >= 15 is 0 Å². The van der Waals surface area contributed by atoms with E-state index in [0.29, 0.717) is 18.2 Å². The Morgan fingerprint density at radius 2 is 1.75 bits per heavy atom. The number of pyridine rings is 1. The average molecular weight is 467 g/mol. The number of nitrogens with one attached hydrogen (secondary N) is 2. The molecule has 0 radical (unpaired) electrons. The highest BCUT2D eigenvalue weighted by molar-refractivity contribution is 7.90. The van der Waals surface area contributed by atoms with E-state index in [9.17, 15) is 30.8 Å². The Hall–Kier alpha value is -3.47. The molecule has 0 saturated carbocycles. The lowest BCUT2D eigenvalue weighted by atomic mass is 10.1. The third-order valence-corrected chi connectivity index (χ3v) is 6.05. The molecule has 2 N–H and O–H groups in total. The molecule has 0 aliphatic carbocycles. The molecule has 0 atom stereocenters. The maximum Gasteiger partial charge on any atom is 0.416 e. The van der Waals surface area contributed by atoms with Crippen molar-refractivity contribution in [3.63, 3.8) is 0 Å². The Kier molecular flexibility index (Phi) is 6.78. The molecule has 2 amide bonds. The first-order valence-corrected chi connectivity index (χ1v) is 10.8. The van der Waals surface area contributed by atoms with Crippen LogP contribution in [0, 0.1) is 5.82 Å². The standard InChI is InChI=1S/C21H17F4N3O3S/c22-19-8-3-16(21(23,24)25)10-15(19)13-32(30,31)18-6-4-17(5-7-18)28-20(29)27-12-14-2-1-9-26-11-14/h1-11H,12-13H2,(H2,27,28,29). The molecule has 3 aromatic rings. The summed E-state index contributed by atoms with van der Waals surface area (Å²) < 4.78 is 77.5. The van der Waals surface area contributed by atoms with E-state index in [2.05, 4.69) is 15.6 Å². The number of hydrogen-bond donors (Lipinski definition) is 2. The second-order valence-electron chi connectivity index (χ2n) is 6.76. The van der Waals surface area contributed by atoms with Gasteiger partial charge in [0.05, 0.1) is 16.2 Å². The van der Waals surface area contributed by atoms with E-state index in [1.807, 2.05) is 0 Å². The van der Waals surface area contributed by atoms with E-state index in [1.54, 1.807) is 24.5 Å². The summed E-state index contributed by atoms with van der Waals surface area (Å²) >= 11 is 0. The highest BCUT2D eigenvalue weighted by Gasteiger charge is 2.31. The maximum atomic E-state index is 13.9. The van der Waals surface area contributed by atoms with Crippen LogP contribution in [0.25, 0.3) is 0 Å². The zero-order chi connectivity index (χ0) is 23.4. The Labute approximate surface area is 181 Å². The third-order valence-electron chi connectivity index (χ3n) is 4.37. The molecular formula is C21H17F4N3O3S. The smallest absolute Gasteiger partial charge is 0.334 e. The SMILES string of the molecule is O=C(NCc1cccnc1)Nc1ccc(S(=O)(=O)Cc2cc(C(F)(F)F)ccc2F)cc1. The Morgan fingerprint density at radius 1 is 1.03 bits per heavy atom. The molecule has 0 unspecified atom stereocenters. The minimum Gasteiger partial charge on any atom is -0.334 e. The fraction of sp³-hybridized carbons (Fsp3) is 0.143. The molecule has 32 heavy (non-hydrogen) atoms. The van der Waals surface area contributed by atoms with Gasteiger partial charge >= 0.3 is 12.2 Å². The van der Waals surface area contributed by atoms with E-state index < -0.39 is 44.7 Å². The molecule has 1 aromatic heterocycles. The summed E-state index contributed by atoms with van der Waals surface area (Å²) in [6, 6.07) is 9.58. The molecule has 0 bridgehead atoms. The number of amides is 2. The molecule has 1 heterocycles. The Balaban J connectivity index is 1.66. The van der Waals surface area contributed by atoms with Crippen molar-refractivity contribution in [3.8, 4) is 0 Å². The summed E-state index contributed by atoms with van der Waals surface area (Å²) in [7, 11) is -4.13. The topological polar surface area (TPSA) is 88.2 Å². The summed E-state index contributed by atoms with van der Waals surface area (Å²) in [5.41, 5.74) is -0.651. The number of aromatic nitrogens is 1. The number of nitrogens with zero attached hydrogens (tertiary/aromatic N) is 1. The molecule has 3 rings (SSSR count). The summed E-state index contributed by atoms with van der Waals surface area (Å²) in [6.07, 6.45) is -1.54. The first-order valence-electron chi connectivity index (χ1n) is 9.17. The van der Waals surface area contributed by atoms with Crippen molar-refractivity contribution in [1.29, 1.82) is 0 Å². The van der Waals surface area contributed by atoms with Gasteiger partial charge in [-0.15, -0.1) is 0 Å². The van der Waals surface area contributed by atoms with Gasteiger partial charge in [-0.3, -0.25) is 4.98 Å². The zero-order valence-corrected chi connectivity index (χ0v) is 17.2. The molecular weight excluding hydrogens is 450 g/mol. The molecule has 11 heteroatoms. The van der Waals surface area contributed by atoms with Crippen LogP contribution >= 0.6 is 0 Å². The van der Waals surface area contributed by atoms with Gasteiger partial charge in [-0.2, -0.15) is 13.2 Å². The number of sulfone groups is 1. The lowest BCUT2D eigenvalue weighted by molar-refractivity contribution is -0.137. The molecule has 2 aromatic carbocycles. The van der Waals surface area contributed by atoms with E-state index in [4.69, 9.17) is 0 Å². The van der Waals surface area contributed by atoms with Crippen molar-refractivity contribution in [3.05, 3.63) is 89.5 Å². The summed E-state index contributed by atoms with van der Waals surface area (Å²) in [5, 5.41) is 5.13. The van der Waals surface area contributed by atoms with Gasteiger partial charge in [0.15, 0.2) is 9.84 Å². The summed E-state index contributed by atoms with van der Waals surface area (Å²) in [4.78, 5) is 15.7. The largest absolute Gasteiger partial charge is 0.416 e. The van der Waals surface area contributed by atoms with Crippen LogP contribution in [-0.2, 0) is 28.3 Å². The Bertz CT molecular complexity index is 1200. The van der Waals surface area contributed by atoms with Crippen LogP contribution in [0.15, 0.2) is 71.9 Å². The van der Waals surface area contributed by atoms with Crippen molar-refractivity contribution >= 4 is 21.6 Å². The van der Waals surface area contributed by atoms with Crippen molar-refractivity contribution in [2.24, 2.45) is 0 Å². The second-order valence-corrected chi connectivity index (χ2v) is 8.75. The van der Waals surface area contributed by atoms with E-state index in [0.717, 1.165) is 5.56 Å². The quantitative estimate of drug-likeness (QED) is 0.522. The average Bonchev–Trinajstić information content (AvgIpc) is 2.74. The number of carbonyl (C=O) groups is 1. The number of hydrogen-bond acceptors (Lipinski definition) is 4. The van der Waals surface area contributed by atoms with Crippen LogP contribution in [0.5, 0.6) is 0 Å². The lowest BCUT2D eigenvalue weighted by Crippen LogP contribution is -2.28. The number of urea groups is 1. The lowest BCUT2D eigenvalue weighted by Gasteiger charge is -2.11. The predicted octanol–water partition coefficient (Wildman–Crippen LogP) is 4.54. The fourth-order valence-electron chi connectivity index (χ4n) is 2.76. The van der Waals surface area contributed by atoms with Gasteiger partial charge < -0.3 is 10.6 Å². The number of alkyl halides is 3. The molecule has 0 spiro atoms. The maximum absolute atomic E-state index is 13.9. The van der Waals surface area contributed by atoms with Crippen LogP contribution < -0.4 is 10.6 Å². The van der Waals surface area contributed by atoms with Crippen LogP contribution in [0.1, 0.15) is 16.7 Å². The molecule has 0 fully saturated rings. The number of rotatable bonds is 6. The van der Waals surface area contributed by atoms with E-state index in [1.165, 1.54) is 24.3 Å². The van der Waals surface area contributed by atoms with Crippen molar-refractivity contribution in [2.45, 2.75) is 23.4 Å². The third kappa shape index (κ3) is 6.03. The van der Waals surface area contributed by atoms with Crippen LogP contribution in [0.3, 0.4) is 0 Å². The summed E-state index contributed by atoms with van der Waals surface area (Å²) in [6.45, 7) is 0.231. The number of anilines is 1. The van der Waals surface area contributed by atoms with Crippen LogP contribution in [-0.4, -0.2) is 19.4 Å². The fourth-order valence-corrected chi connectivity index (χ4v) is 4.10. The molecule has 6 nitrogen and oxygen atoms in total. The van der Waals surface area contributed by atoms with Gasteiger partial charge in [0, 0.05) is 30.2 Å². The van der Waals surface area contributed by atoms with Gasteiger partial charge in [-0.05, 0) is 54.1 Å². The van der Waals surface area contributed by atoms with Gasteiger partial charge in [-0.1, -0.05) is 6.07 Å². The predicted molar refractivity (Wildman–Crippen MR) is 109 cm³/mol. The van der Waals surface area contributed by atoms with Crippen molar-refractivity contribution < 1.29 is 30.8 Å². The normalized spacial score (nSPS) is 11.8. The van der Waals surface area contributed by atoms with Crippen molar-refractivity contribution in [2.75, 3.05) is 5.32 Å². The Morgan fingerprint density at radius 3 is 2.38 bits per heavy atom. The van der Waals surface area contributed by atoms with Gasteiger partial charge in [0.2, 0.25) is 0 Å². The number of benzene rings is 2. The summed E-state index contributed by atoms with van der Waals surface area (Å²) in [5.74, 6) is -1.99. The highest BCUT2D eigenvalue weighted by Crippen LogP contribution is 2.31. The minimum absolute atomic E-state index is 0.226. The molecule has 0 aliphatic heterocycles. The zero-order valence-electron chi connectivity index (χ0n) is 16.4. The number of carbonyl (C=O) groups excluding carboxylic acids is 1. The second kappa shape index (κ2) is 9.35. The highest BCUT2D eigenvalue weighted by atomic mass is 32.2.